The maximum Gasteiger partial charge on any atom is 0.255 e. The summed E-state index contributed by atoms with van der Waals surface area (Å²) in [5.41, 5.74) is 0.660. The first-order valence-corrected chi connectivity index (χ1v) is 9.99. The summed E-state index contributed by atoms with van der Waals surface area (Å²) in [6, 6.07) is 1.45. The van der Waals surface area contributed by atoms with Gasteiger partial charge in [-0.3, -0.25) is 14.6 Å². The second-order valence-electron chi connectivity index (χ2n) is 6.36. The average molecular weight is 351 g/mol. The summed E-state index contributed by atoms with van der Waals surface area (Å²) in [4.78, 5) is 30.4. The molecule has 130 valence electrons. The van der Waals surface area contributed by atoms with Gasteiger partial charge in [0.15, 0.2) is 9.84 Å². The van der Waals surface area contributed by atoms with E-state index in [1.165, 1.54) is 18.5 Å². The van der Waals surface area contributed by atoms with E-state index in [1.807, 2.05) is 6.92 Å². The lowest BCUT2D eigenvalue weighted by atomic mass is 10.1. The second kappa shape index (κ2) is 6.51. The molecule has 1 saturated heterocycles. The van der Waals surface area contributed by atoms with Crippen LogP contribution in [0.3, 0.4) is 0 Å². The van der Waals surface area contributed by atoms with E-state index >= 15 is 0 Å². The molecule has 1 aromatic heterocycles. The summed E-state index contributed by atoms with van der Waals surface area (Å²) < 4.78 is 23.3. The van der Waals surface area contributed by atoms with E-state index in [0.29, 0.717) is 24.1 Å². The molecule has 2 heterocycles. The quantitative estimate of drug-likeness (QED) is 0.839. The number of carbonyl (C=O) groups is 2. The fourth-order valence-electron chi connectivity index (χ4n) is 2.93. The van der Waals surface area contributed by atoms with Gasteiger partial charge in [0.1, 0.15) is 0 Å². The van der Waals surface area contributed by atoms with E-state index in [-0.39, 0.29) is 35.4 Å². The third kappa shape index (κ3) is 3.75. The molecule has 2 amide bonds. The molecule has 1 aliphatic heterocycles. The van der Waals surface area contributed by atoms with Gasteiger partial charge in [-0.15, -0.1) is 0 Å². The van der Waals surface area contributed by atoms with Gasteiger partial charge in [0.25, 0.3) is 11.8 Å². The molecule has 0 spiro atoms. The SMILES string of the molecule is CCN(C(=O)c1cncc(C(=O)NC2CC2)c1)C1CCS(=O)(=O)C1. The van der Waals surface area contributed by atoms with Crippen molar-refractivity contribution in [3.63, 3.8) is 0 Å². The zero-order valence-corrected chi connectivity index (χ0v) is 14.4. The van der Waals surface area contributed by atoms with E-state index in [1.54, 1.807) is 4.90 Å². The number of pyridine rings is 1. The van der Waals surface area contributed by atoms with Crippen molar-refractivity contribution >= 4 is 21.7 Å². The maximum atomic E-state index is 12.7. The van der Waals surface area contributed by atoms with Crippen molar-refractivity contribution in [2.24, 2.45) is 0 Å². The van der Waals surface area contributed by atoms with Crippen LogP contribution in [0, 0.1) is 0 Å². The lowest BCUT2D eigenvalue weighted by molar-refractivity contribution is 0.0708. The van der Waals surface area contributed by atoms with E-state index < -0.39 is 9.84 Å². The number of sulfone groups is 1. The zero-order valence-electron chi connectivity index (χ0n) is 13.6. The van der Waals surface area contributed by atoms with Crippen molar-refractivity contribution in [1.82, 2.24) is 15.2 Å². The molecular formula is C16H21N3O4S. The second-order valence-corrected chi connectivity index (χ2v) is 8.59. The molecule has 1 unspecified atom stereocenters. The van der Waals surface area contributed by atoms with Crippen LogP contribution in [0.1, 0.15) is 46.9 Å². The fourth-order valence-corrected chi connectivity index (χ4v) is 4.66. The van der Waals surface area contributed by atoms with Crippen LogP contribution in [0.4, 0.5) is 0 Å². The Bertz CT molecular complexity index is 758. The fraction of sp³-hybridized carbons (Fsp3) is 0.562. The monoisotopic (exact) mass is 351 g/mol. The van der Waals surface area contributed by atoms with E-state index in [4.69, 9.17) is 0 Å². The van der Waals surface area contributed by atoms with Crippen LogP contribution in [0.15, 0.2) is 18.5 Å². The molecule has 7 nitrogen and oxygen atoms in total. The molecule has 0 aromatic carbocycles. The third-order valence-electron chi connectivity index (χ3n) is 4.41. The van der Waals surface area contributed by atoms with Crippen LogP contribution in [-0.4, -0.2) is 60.3 Å². The van der Waals surface area contributed by atoms with Gasteiger partial charge < -0.3 is 10.2 Å². The van der Waals surface area contributed by atoms with Crippen LogP contribution in [0.2, 0.25) is 0 Å². The van der Waals surface area contributed by atoms with Crippen molar-refractivity contribution in [3.05, 3.63) is 29.6 Å². The molecule has 1 aliphatic carbocycles. The smallest absolute Gasteiger partial charge is 0.255 e. The Labute approximate surface area is 141 Å². The Morgan fingerprint density at radius 1 is 1.25 bits per heavy atom. The minimum atomic E-state index is -3.07. The van der Waals surface area contributed by atoms with Crippen molar-refractivity contribution in [3.8, 4) is 0 Å². The van der Waals surface area contributed by atoms with Crippen molar-refractivity contribution in [2.45, 2.75) is 38.3 Å². The van der Waals surface area contributed by atoms with Gasteiger partial charge in [-0.05, 0) is 32.3 Å². The van der Waals surface area contributed by atoms with Gasteiger partial charge in [0.05, 0.1) is 22.6 Å². The average Bonchev–Trinajstić information content (AvgIpc) is 3.30. The Kier molecular flexibility index (Phi) is 4.58. The highest BCUT2D eigenvalue weighted by atomic mass is 32.2. The summed E-state index contributed by atoms with van der Waals surface area (Å²) in [5, 5.41) is 2.86. The Balaban J connectivity index is 1.76. The molecule has 1 saturated carbocycles. The van der Waals surface area contributed by atoms with Gasteiger partial charge in [0.2, 0.25) is 0 Å². The van der Waals surface area contributed by atoms with Crippen molar-refractivity contribution in [1.29, 1.82) is 0 Å². The van der Waals surface area contributed by atoms with Gasteiger partial charge in [0, 0.05) is 31.0 Å². The first-order chi connectivity index (χ1) is 11.4. The number of hydrogen-bond donors (Lipinski definition) is 1. The minimum Gasteiger partial charge on any atom is -0.349 e. The van der Waals surface area contributed by atoms with E-state index in [2.05, 4.69) is 10.3 Å². The maximum absolute atomic E-state index is 12.7. The summed E-state index contributed by atoms with van der Waals surface area (Å²) in [7, 11) is -3.07. The first kappa shape index (κ1) is 16.9. The largest absolute Gasteiger partial charge is 0.349 e. The molecule has 1 aromatic rings. The van der Waals surface area contributed by atoms with E-state index in [0.717, 1.165) is 12.8 Å². The molecule has 0 bridgehead atoms. The molecule has 1 N–H and O–H groups in total. The number of carbonyl (C=O) groups excluding carboxylic acids is 2. The van der Waals surface area contributed by atoms with Gasteiger partial charge in [-0.2, -0.15) is 0 Å². The molecule has 2 aliphatic rings. The summed E-state index contributed by atoms with van der Waals surface area (Å²) in [5.74, 6) is -0.398. The molecule has 1 atom stereocenters. The molecular weight excluding hydrogens is 330 g/mol. The first-order valence-electron chi connectivity index (χ1n) is 8.17. The highest BCUT2D eigenvalue weighted by molar-refractivity contribution is 7.91. The predicted octanol–water partition coefficient (Wildman–Crippen LogP) is 0.623. The number of amides is 2. The Hall–Kier alpha value is -1.96. The lowest BCUT2D eigenvalue weighted by Crippen LogP contribution is -2.41. The number of nitrogens with one attached hydrogen (secondary N) is 1. The molecule has 3 rings (SSSR count). The number of aromatic nitrogens is 1. The van der Waals surface area contributed by atoms with Crippen LogP contribution in [0.25, 0.3) is 0 Å². The predicted molar refractivity (Wildman–Crippen MR) is 88.5 cm³/mol. The number of hydrogen-bond acceptors (Lipinski definition) is 5. The van der Waals surface area contributed by atoms with E-state index in [9.17, 15) is 18.0 Å². The summed E-state index contributed by atoms with van der Waals surface area (Å²) in [6.45, 7) is 2.23. The Morgan fingerprint density at radius 3 is 2.54 bits per heavy atom. The highest BCUT2D eigenvalue weighted by Crippen LogP contribution is 2.21. The number of nitrogens with zero attached hydrogens (tertiary/aromatic N) is 2. The number of rotatable bonds is 5. The summed E-state index contributed by atoms with van der Waals surface area (Å²) in [6.07, 6.45) is 5.28. The molecule has 24 heavy (non-hydrogen) atoms. The van der Waals surface area contributed by atoms with Crippen LogP contribution in [0.5, 0.6) is 0 Å². The Morgan fingerprint density at radius 2 is 1.96 bits per heavy atom. The third-order valence-corrected chi connectivity index (χ3v) is 6.16. The van der Waals surface area contributed by atoms with Crippen LogP contribution in [-0.2, 0) is 9.84 Å². The topological polar surface area (TPSA) is 96.4 Å². The minimum absolute atomic E-state index is 0.00185. The molecule has 2 fully saturated rings. The zero-order chi connectivity index (χ0) is 17.3. The standard InChI is InChI=1S/C16H21N3O4S/c1-2-19(14-5-6-24(22,23)10-14)16(21)12-7-11(8-17-9-12)15(20)18-13-3-4-13/h7-9,13-14H,2-6,10H2,1H3,(H,18,20). The van der Waals surface area contributed by atoms with Crippen LogP contribution < -0.4 is 5.32 Å². The molecule has 8 heteroatoms. The van der Waals surface area contributed by atoms with Gasteiger partial charge >= 0.3 is 0 Å². The molecule has 0 radical (unpaired) electrons. The van der Waals surface area contributed by atoms with Crippen LogP contribution >= 0.6 is 0 Å². The lowest BCUT2D eigenvalue weighted by Gasteiger charge is -2.26. The normalized spacial score (nSPS) is 22.1. The van der Waals surface area contributed by atoms with Gasteiger partial charge in [-0.25, -0.2) is 8.42 Å². The van der Waals surface area contributed by atoms with Crippen molar-refractivity contribution in [2.75, 3.05) is 18.1 Å². The highest BCUT2D eigenvalue weighted by Gasteiger charge is 2.34. The summed E-state index contributed by atoms with van der Waals surface area (Å²) >= 11 is 0. The van der Waals surface area contributed by atoms with Gasteiger partial charge in [-0.1, -0.05) is 0 Å². The van der Waals surface area contributed by atoms with Crippen molar-refractivity contribution < 1.29 is 18.0 Å².